The summed E-state index contributed by atoms with van der Waals surface area (Å²) in [5.74, 6) is 0.281. The van der Waals surface area contributed by atoms with Crippen molar-refractivity contribution in [1.82, 2.24) is 19.3 Å². The first-order valence-electron chi connectivity index (χ1n) is 7.39. The molecule has 2 aromatic rings. The minimum Gasteiger partial charge on any atom is -0.339 e. The highest BCUT2D eigenvalue weighted by atomic mass is 19.4. The lowest BCUT2D eigenvalue weighted by Crippen LogP contribution is -2.44. The van der Waals surface area contributed by atoms with E-state index in [1.807, 2.05) is 6.92 Å². The highest BCUT2D eigenvalue weighted by Crippen LogP contribution is 2.26. The Bertz CT molecular complexity index is 833. The predicted molar refractivity (Wildman–Crippen MR) is 77.7 cm³/mol. The van der Waals surface area contributed by atoms with Crippen LogP contribution in [0.15, 0.2) is 20.3 Å². The SMILES string of the molecule is CCCc1nc(Cn2c(=O)c(C(F)(F)F)cn(C(C)C)c2=O)no1. The molecule has 0 aliphatic rings. The minimum absolute atomic E-state index is 0.0210. The number of aryl methyl sites for hydroxylation is 1. The molecule has 2 rings (SSSR count). The monoisotopic (exact) mass is 346 g/mol. The fraction of sp³-hybridized carbons (Fsp3) is 0.571. The van der Waals surface area contributed by atoms with Crippen LogP contribution in [0, 0.1) is 0 Å². The summed E-state index contributed by atoms with van der Waals surface area (Å²) in [7, 11) is 0. The summed E-state index contributed by atoms with van der Waals surface area (Å²) < 4.78 is 45.5. The van der Waals surface area contributed by atoms with Gasteiger partial charge in [-0.05, 0) is 20.3 Å². The Balaban J connectivity index is 2.57. The normalized spacial score (nSPS) is 12.1. The Hall–Kier alpha value is -2.39. The topological polar surface area (TPSA) is 82.9 Å². The van der Waals surface area contributed by atoms with Crippen molar-refractivity contribution >= 4 is 0 Å². The van der Waals surface area contributed by atoms with E-state index in [4.69, 9.17) is 4.52 Å². The van der Waals surface area contributed by atoms with Crippen LogP contribution < -0.4 is 11.2 Å². The summed E-state index contributed by atoms with van der Waals surface area (Å²) in [6.45, 7) is 4.50. The van der Waals surface area contributed by atoms with Crippen molar-refractivity contribution in [2.24, 2.45) is 0 Å². The summed E-state index contributed by atoms with van der Waals surface area (Å²) in [5, 5.41) is 3.60. The molecule has 24 heavy (non-hydrogen) atoms. The highest BCUT2D eigenvalue weighted by Gasteiger charge is 2.36. The van der Waals surface area contributed by atoms with Gasteiger partial charge in [0.15, 0.2) is 5.82 Å². The maximum atomic E-state index is 13.1. The number of nitrogens with zero attached hydrogens (tertiary/aromatic N) is 4. The van der Waals surface area contributed by atoms with Gasteiger partial charge >= 0.3 is 11.9 Å². The number of hydrogen-bond donors (Lipinski definition) is 0. The van der Waals surface area contributed by atoms with Gasteiger partial charge in [0.1, 0.15) is 5.56 Å². The van der Waals surface area contributed by atoms with E-state index in [0.717, 1.165) is 11.0 Å². The zero-order chi connectivity index (χ0) is 18.1. The molecule has 132 valence electrons. The van der Waals surface area contributed by atoms with E-state index < -0.39 is 35.6 Å². The molecule has 0 radical (unpaired) electrons. The third-order valence-corrected chi connectivity index (χ3v) is 3.33. The van der Waals surface area contributed by atoms with Crippen LogP contribution in [0.4, 0.5) is 13.2 Å². The van der Waals surface area contributed by atoms with E-state index >= 15 is 0 Å². The van der Waals surface area contributed by atoms with E-state index in [0.29, 0.717) is 23.1 Å². The average Bonchev–Trinajstić information content (AvgIpc) is 2.89. The molecule has 0 spiro atoms. The third-order valence-electron chi connectivity index (χ3n) is 3.33. The second-order valence-electron chi connectivity index (χ2n) is 5.57. The molecule has 0 bridgehead atoms. The zero-order valence-corrected chi connectivity index (χ0v) is 13.4. The molecule has 0 atom stereocenters. The van der Waals surface area contributed by atoms with Gasteiger partial charge < -0.3 is 4.52 Å². The van der Waals surface area contributed by atoms with Gasteiger partial charge in [0.25, 0.3) is 5.56 Å². The average molecular weight is 346 g/mol. The van der Waals surface area contributed by atoms with Crippen molar-refractivity contribution in [3.05, 3.63) is 44.3 Å². The largest absolute Gasteiger partial charge is 0.423 e. The molecule has 0 amide bonds. The second-order valence-corrected chi connectivity index (χ2v) is 5.57. The van der Waals surface area contributed by atoms with Crippen LogP contribution in [0.3, 0.4) is 0 Å². The fourth-order valence-electron chi connectivity index (χ4n) is 2.14. The Morgan fingerprint density at radius 3 is 2.50 bits per heavy atom. The first-order valence-corrected chi connectivity index (χ1v) is 7.39. The first-order chi connectivity index (χ1) is 11.1. The van der Waals surface area contributed by atoms with Gasteiger partial charge in [-0.25, -0.2) is 4.79 Å². The van der Waals surface area contributed by atoms with Gasteiger partial charge in [-0.2, -0.15) is 18.2 Å². The summed E-state index contributed by atoms with van der Waals surface area (Å²) in [4.78, 5) is 28.4. The van der Waals surface area contributed by atoms with Crippen LogP contribution >= 0.6 is 0 Å². The fourth-order valence-corrected chi connectivity index (χ4v) is 2.14. The van der Waals surface area contributed by atoms with E-state index in [9.17, 15) is 22.8 Å². The molecule has 0 aliphatic carbocycles. The van der Waals surface area contributed by atoms with Crippen LogP contribution in [0.1, 0.15) is 50.5 Å². The Labute approximate surface area is 134 Å². The standard InChI is InChI=1S/C14H17F3N4O3/c1-4-5-11-18-10(19-24-11)7-21-12(22)9(14(15,16)17)6-20(8(2)3)13(21)23/h6,8H,4-5,7H2,1-3H3. The molecule has 0 N–H and O–H groups in total. The summed E-state index contributed by atoms with van der Waals surface area (Å²) in [6.07, 6.45) is -3.08. The van der Waals surface area contributed by atoms with Crippen molar-refractivity contribution in [2.45, 2.75) is 52.4 Å². The van der Waals surface area contributed by atoms with Crippen LogP contribution in [0.2, 0.25) is 0 Å². The Morgan fingerprint density at radius 1 is 1.29 bits per heavy atom. The van der Waals surface area contributed by atoms with E-state index in [-0.39, 0.29) is 5.82 Å². The lowest BCUT2D eigenvalue weighted by Gasteiger charge is -2.16. The Morgan fingerprint density at radius 2 is 1.96 bits per heavy atom. The van der Waals surface area contributed by atoms with E-state index in [1.165, 1.54) is 0 Å². The predicted octanol–water partition coefficient (Wildman–Crippen LogP) is 1.99. The minimum atomic E-state index is -4.87. The summed E-state index contributed by atoms with van der Waals surface area (Å²) in [6, 6.07) is -0.550. The molecule has 0 fully saturated rings. The molecule has 0 unspecified atom stereocenters. The molecular formula is C14H17F3N4O3. The van der Waals surface area contributed by atoms with E-state index in [2.05, 4.69) is 10.1 Å². The number of halogens is 3. The first kappa shape index (κ1) is 18.0. The highest BCUT2D eigenvalue weighted by molar-refractivity contribution is 5.11. The number of rotatable bonds is 5. The van der Waals surface area contributed by atoms with Crippen molar-refractivity contribution in [3.8, 4) is 0 Å². The van der Waals surface area contributed by atoms with Gasteiger partial charge in [-0.15, -0.1) is 0 Å². The van der Waals surface area contributed by atoms with Gasteiger partial charge in [-0.3, -0.25) is 13.9 Å². The Kier molecular flexibility index (Phi) is 4.95. The molecule has 2 heterocycles. The molecule has 0 aliphatic heterocycles. The molecular weight excluding hydrogens is 329 g/mol. The zero-order valence-electron chi connectivity index (χ0n) is 13.4. The third kappa shape index (κ3) is 3.57. The van der Waals surface area contributed by atoms with Crippen LogP contribution in [0.5, 0.6) is 0 Å². The molecule has 0 saturated heterocycles. The maximum absolute atomic E-state index is 13.1. The molecule has 0 aromatic carbocycles. The number of aromatic nitrogens is 4. The van der Waals surface area contributed by atoms with Gasteiger partial charge in [-0.1, -0.05) is 12.1 Å². The van der Waals surface area contributed by atoms with Crippen LogP contribution in [-0.2, 0) is 19.1 Å². The van der Waals surface area contributed by atoms with Gasteiger partial charge in [0.05, 0.1) is 6.54 Å². The van der Waals surface area contributed by atoms with Crippen LogP contribution in [0.25, 0.3) is 0 Å². The van der Waals surface area contributed by atoms with Crippen LogP contribution in [-0.4, -0.2) is 19.3 Å². The quantitative estimate of drug-likeness (QED) is 0.827. The lowest BCUT2D eigenvalue weighted by molar-refractivity contribution is -0.139. The molecule has 10 heteroatoms. The van der Waals surface area contributed by atoms with Crippen molar-refractivity contribution in [3.63, 3.8) is 0 Å². The number of alkyl halides is 3. The summed E-state index contributed by atoms with van der Waals surface area (Å²) >= 11 is 0. The summed E-state index contributed by atoms with van der Waals surface area (Å²) in [5.41, 5.74) is -3.69. The van der Waals surface area contributed by atoms with Crippen molar-refractivity contribution in [1.29, 1.82) is 0 Å². The van der Waals surface area contributed by atoms with Crippen molar-refractivity contribution in [2.75, 3.05) is 0 Å². The molecule has 2 aromatic heterocycles. The smallest absolute Gasteiger partial charge is 0.339 e. The lowest BCUT2D eigenvalue weighted by atomic mass is 10.3. The molecule has 7 nitrogen and oxygen atoms in total. The second kappa shape index (κ2) is 6.62. The van der Waals surface area contributed by atoms with E-state index in [1.54, 1.807) is 13.8 Å². The molecule has 0 saturated carbocycles. The van der Waals surface area contributed by atoms with Gasteiger partial charge in [0.2, 0.25) is 5.89 Å². The maximum Gasteiger partial charge on any atom is 0.423 e. The van der Waals surface area contributed by atoms with Crippen molar-refractivity contribution < 1.29 is 17.7 Å². The number of hydrogen-bond acceptors (Lipinski definition) is 5. The van der Waals surface area contributed by atoms with Gasteiger partial charge in [0, 0.05) is 18.7 Å².